The molecule has 8 heteroatoms. The Kier molecular flexibility index (Phi) is 8.42. The van der Waals surface area contributed by atoms with Crippen molar-refractivity contribution >= 4 is 46.6 Å². The Bertz CT molecular complexity index is 845. The Hall–Kier alpha value is -1.95. The Morgan fingerprint density at radius 3 is 2.50 bits per heavy atom. The van der Waals surface area contributed by atoms with Gasteiger partial charge in [0.1, 0.15) is 11.8 Å². The fraction of sp³-hybridized carbons (Fsp3) is 0.300. The smallest absolute Gasteiger partial charge is 0.261 e. The molecule has 0 heterocycles. The zero-order valence-electron chi connectivity index (χ0n) is 15.5. The van der Waals surface area contributed by atoms with Gasteiger partial charge in [-0.05, 0) is 49.7 Å². The molecule has 0 fully saturated rings. The molecule has 0 aliphatic rings. The van der Waals surface area contributed by atoms with Crippen LogP contribution in [-0.4, -0.2) is 35.9 Å². The van der Waals surface area contributed by atoms with E-state index in [4.69, 9.17) is 39.5 Å². The maximum Gasteiger partial charge on any atom is 0.261 e. The number of amides is 2. The fourth-order valence-corrected chi connectivity index (χ4v) is 3.02. The maximum absolute atomic E-state index is 12.8. The third kappa shape index (κ3) is 6.30. The van der Waals surface area contributed by atoms with Gasteiger partial charge in [0.05, 0.1) is 10.0 Å². The van der Waals surface area contributed by atoms with Crippen LogP contribution in [-0.2, 0) is 16.1 Å². The van der Waals surface area contributed by atoms with Crippen molar-refractivity contribution in [3.63, 3.8) is 0 Å². The maximum atomic E-state index is 12.8. The van der Waals surface area contributed by atoms with Gasteiger partial charge in [0.2, 0.25) is 5.91 Å². The number of carbonyl (C=O) groups is 2. The molecular weight excluding hydrogens is 423 g/mol. The lowest BCUT2D eigenvalue weighted by Gasteiger charge is -2.28. The number of halogens is 3. The van der Waals surface area contributed by atoms with Crippen LogP contribution in [0, 0.1) is 0 Å². The lowest BCUT2D eigenvalue weighted by Crippen LogP contribution is -2.49. The first-order chi connectivity index (χ1) is 13.3. The second-order valence-electron chi connectivity index (χ2n) is 6.09. The summed E-state index contributed by atoms with van der Waals surface area (Å²) in [6.07, 6.45) is 0. The highest BCUT2D eigenvalue weighted by atomic mass is 35.5. The predicted octanol–water partition coefficient (Wildman–Crippen LogP) is 4.58. The van der Waals surface area contributed by atoms with E-state index in [0.29, 0.717) is 27.4 Å². The summed E-state index contributed by atoms with van der Waals surface area (Å²) in [5.74, 6) is -0.121. The SMILES string of the molecule is CCNC(=O)[C@@H](C)N(Cc1ccc(Cl)c(Cl)c1)C(=O)COc1cccc(Cl)c1. The van der Waals surface area contributed by atoms with Crippen LogP contribution in [0.5, 0.6) is 5.75 Å². The summed E-state index contributed by atoms with van der Waals surface area (Å²) < 4.78 is 5.55. The number of ether oxygens (including phenoxy) is 1. The van der Waals surface area contributed by atoms with Gasteiger partial charge in [0.25, 0.3) is 5.91 Å². The Labute approximate surface area is 179 Å². The number of nitrogens with one attached hydrogen (secondary N) is 1. The third-order valence-electron chi connectivity index (χ3n) is 4.01. The van der Waals surface area contributed by atoms with E-state index in [1.54, 1.807) is 49.4 Å². The molecule has 28 heavy (non-hydrogen) atoms. The number of benzene rings is 2. The molecule has 1 atom stereocenters. The van der Waals surface area contributed by atoms with Crippen molar-refractivity contribution in [1.29, 1.82) is 0 Å². The van der Waals surface area contributed by atoms with Gasteiger partial charge in [0.15, 0.2) is 6.61 Å². The van der Waals surface area contributed by atoms with Gasteiger partial charge in [-0.15, -0.1) is 0 Å². The molecule has 2 aromatic carbocycles. The van der Waals surface area contributed by atoms with Gasteiger partial charge in [-0.1, -0.05) is 46.9 Å². The number of likely N-dealkylation sites (N-methyl/N-ethyl adjacent to an activating group) is 1. The number of rotatable bonds is 8. The van der Waals surface area contributed by atoms with Crippen molar-refractivity contribution in [2.75, 3.05) is 13.2 Å². The number of carbonyl (C=O) groups excluding carboxylic acids is 2. The number of hydrogen-bond acceptors (Lipinski definition) is 3. The Morgan fingerprint density at radius 2 is 1.86 bits per heavy atom. The van der Waals surface area contributed by atoms with Crippen molar-refractivity contribution in [3.8, 4) is 5.75 Å². The quantitative estimate of drug-likeness (QED) is 0.650. The first-order valence-electron chi connectivity index (χ1n) is 8.71. The predicted molar refractivity (Wildman–Crippen MR) is 112 cm³/mol. The summed E-state index contributed by atoms with van der Waals surface area (Å²) in [5, 5.41) is 4.04. The van der Waals surface area contributed by atoms with Crippen LogP contribution in [0.2, 0.25) is 15.1 Å². The van der Waals surface area contributed by atoms with E-state index in [9.17, 15) is 9.59 Å². The first-order valence-corrected chi connectivity index (χ1v) is 9.84. The van der Waals surface area contributed by atoms with E-state index in [1.807, 2.05) is 6.92 Å². The van der Waals surface area contributed by atoms with Gasteiger partial charge < -0.3 is 15.0 Å². The lowest BCUT2D eigenvalue weighted by atomic mass is 10.1. The zero-order valence-corrected chi connectivity index (χ0v) is 17.8. The molecule has 0 saturated heterocycles. The molecule has 0 spiro atoms. The largest absolute Gasteiger partial charge is 0.484 e. The molecule has 0 aliphatic carbocycles. The molecule has 2 aromatic rings. The van der Waals surface area contributed by atoms with Gasteiger partial charge in [-0.3, -0.25) is 9.59 Å². The topological polar surface area (TPSA) is 58.6 Å². The summed E-state index contributed by atoms with van der Waals surface area (Å²) in [4.78, 5) is 26.6. The minimum Gasteiger partial charge on any atom is -0.484 e. The normalized spacial score (nSPS) is 11.6. The average Bonchev–Trinajstić information content (AvgIpc) is 2.66. The summed E-state index contributed by atoms with van der Waals surface area (Å²) in [7, 11) is 0. The van der Waals surface area contributed by atoms with E-state index in [2.05, 4.69) is 5.32 Å². The van der Waals surface area contributed by atoms with Gasteiger partial charge in [0, 0.05) is 18.1 Å². The van der Waals surface area contributed by atoms with Crippen molar-refractivity contribution in [2.24, 2.45) is 0 Å². The van der Waals surface area contributed by atoms with Crippen LogP contribution in [0.4, 0.5) is 0 Å². The average molecular weight is 444 g/mol. The number of nitrogens with zero attached hydrogens (tertiary/aromatic N) is 1. The molecule has 1 N–H and O–H groups in total. The lowest BCUT2D eigenvalue weighted by molar-refractivity contribution is -0.142. The highest BCUT2D eigenvalue weighted by Gasteiger charge is 2.26. The molecular formula is C20H21Cl3N2O3. The van der Waals surface area contributed by atoms with E-state index < -0.39 is 6.04 Å². The van der Waals surface area contributed by atoms with Crippen LogP contribution >= 0.6 is 34.8 Å². The summed E-state index contributed by atoms with van der Waals surface area (Å²) >= 11 is 18.0. The highest BCUT2D eigenvalue weighted by Crippen LogP contribution is 2.24. The minimum atomic E-state index is -0.690. The number of hydrogen-bond donors (Lipinski definition) is 1. The molecule has 2 amide bonds. The molecule has 0 unspecified atom stereocenters. The van der Waals surface area contributed by atoms with E-state index in [-0.39, 0.29) is 25.0 Å². The van der Waals surface area contributed by atoms with Crippen LogP contribution in [0.1, 0.15) is 19.4 Å². The molecule has 0 radical (unpaired) electrons. The molecule has 2 rings (SSSR count). The van der Waals surface area contributed by atoms with E-state index >= 15 is 0 Å². The monoisotopic (exact) mass is 442 g/mol. The summed E-state index contributed by atoms with van der Waals surface area (Å²) in [5.41, 5.74) is 0.752. The molecule has 0 saturated carbocycles. The second-order valence-corrected chi connectivity index (χ2v) is 7.34. The van der Waals surface area contributed by atoms with Gasteiger partial charge >= 0.3 is 0 Å². The van der Waals surface area contributed by atoms with Gasteiger partial charge in [-0.2, -0.15) is 0 Å². The molecule has 5 nitrogen and oxygen atoms in total. The van der Waals surface area contributed by atoms with Crippen molar-refractivity contribution in [1.82, 2.24) is 10.2 Å². The Balaban J connectivity index is 2.17. The van der Waals surface area contributed by atoms with Crippen LogP contribution in [0.25, 0.3) is 0 Å². The standard InChI is InChI=1S/C20H21Cl3N2O3/c1-3-24-20(27)13(2)25(11-14-7-8-17(22)18(23)9-14)19(26)12-28-16-6-4-5-15(21)10-16/h4-10,13H,3,11-12H2,1-2H3,(H,24,27)/t13-/m1/s1. The van der Waals surface area contributed by atoms with Gasteiger partial charge in [-0.25, -0.2) is 0 Å². The highest BCUT2D eigenvalue weighted by molar-refractivity contribution is 6.42. The molecule has 0 bridgehead atoms. The van der Waals surface area contributed by atoms with Crippen molar-refractivity contribution in [3.05, 3.63) is 63.1 Å². The molecule has 150 valence electrons. The Morgan fingerprint density at radius 1 is 1.11 bits per heavy atom. The molecule has 0 aromatic heterocycles. The van der Waals surface area contributed by atoms with Crippen molar-refractivity contribution < 1.29 is 14.3 Å². The summed E-state index contributed by atoms with van der Waals surface area (Å²) in [6.45, 7) is 3.91. The summed E-state index contributed by atoms with van der Waals surface area (Å²) in [6, 6.07) is 11.2. The van der Waals surface area contributed by atoms with Crippen molar-refractivity contribution in [2.45, 2.75) is 26.4 Å². The van der Waals surface area contributed by atoms with E-state index in [1.165, 1.54) is 4.90 Å². The minimum absolute atomic E-state index is 0.187. The zero-order chi connectivity index (χ0) is 20.7. The molecule has 0 aliphatic heterocycles. The fourth-order valence-electron chi connectivity index (χ4n) is 2.52. The van der Waals surface area contributed by atoms with Crippen LogP contribution < -0.4 is 10.1 Å². The third-order valence-corrected chi connectivity index (χ3v) is 4.99. The van der Waals surface area contributed by atoms with Crippen LogP contribution in [0.15, 0.2) is 42.5 Å². The second kappa shape index (κ2) is 10.6. The van der Waals surface area contributed by atoms with E-state index in [0.717, 1.165) is 5.56 Å². The first kappa shape index (κ1) is 22.3. The van der Waals surface area contributed by atoms with Crippen LogP contribution in [0.3, 0.4) is 0 Å².